The summed E-state index contributed by atoms with van der Waals surface area (Å²) in [6.45, 7) is 1.27. The Labute approximate surface area is 63.9 Å². The first-order chi connectivity index (χ1) is 5.42. The predicted octanol–water partition coefficient (Wildman–Crippen LogP) is -2.27. The Balaban J connectivity index is 2.33. The zero-order valence-corrected chi connectivity index (χ0v) is 5.94. The summed E-state index contributed by atoms with van der Waals surface area (Å²) in [4.78, 5) is 4.17. The second-order valence-electron chi connectivity index (χ2n) is 2.27. The van der Waals surface area contributed by atoms with E-state index in [0.29, 0.717) is 13.3 Å². The summed E-state index contributed by atoms with van der Waals surface area (Å²) in [6, 6.07) is 0. The molecule has 0 atom stereocenters. The molecule has 0 amide bonds. The van der Waals surface area contributed by atoms with Crippen molar-refractivity contribution in [3.8, 4) is 0 Å². The van der Waals surface area contributed by atoms with Crippen LogP contribution >= 0.6 is 0 Å². The fourth-order valence-electron chi connectivity index (χ4n) is 1.14. The average molecular weight is 154 g/mol. The van der Waals surface area contributed by atoms with Gasteiger partial charge in [-0.3, -0.25) is 0 Å². The van der Waals surface area contributed by atoms with Crippen LogP contribution in [0.15, 0.2) is 16.5 Å². The number of nitrogens with one attached hydrogen (secondary N) is 4. The maximum Gasteiger partial charge on any atom is 0.151 e. The second-order valence-corrected chi connectivity index (χ2v) is 2.27. The quantitative estimate of drug-likeness (QED) is 0.217. The van der Waals surface area contributed by atoms with Crippen LogP contribution in [0.4, 0.5) is 0 Å². The molecule has 6 heteroatoms. The largest absolute Gasteiger partial charge is 0.362 e. The van der Waals surface area contributed by atoms with Crippen molar-refractivity contribution in [2.24, 2.45) is 10.8 Å². The fourth-order valence-corrected chi connectivity index (χ4v) is 1.14. The third kappa shape index (κ3) is 0.874. The molecule has 0 aliphatic carbocycles. The van der Waals surface area contributed by atoms with Crippen LogP contribution in [0.25, 0.3) is 0 Å². The smallest absolute Gasteiger partial charge is 0.151 e. The monoisotopic (exact) mass is 154 g/mol. The van der Waals surface area contributed by atoms with Gasteiger partial charge < -0.3 is 21.4 Å². The zero-order chi connectivity index (χ0) is 7.68. The van der Waals surface area contributed by atoms with Crippen LogP contribution in [0, 0.1) is 0 Å². The third-order valence-corrected chi connectivity index (χ3v) is 1.65. The Morgan fingerprint density at radius 3 is 3.09 bits per heavy atom. The molecule has 6 nitrogen and oxygen atoms in total. The third-order valence-electron chi connectivity index (χ3n) is 1.65. The minimum Gasteiger partial charge on any atom is -0.362 e. The Morgan fingerprint density at radius 2 is 2.27 bits per heavy atom. The number of aliphatic imine (C=N–C) groups is 1. The summed E-state index contributed by atoms with van der Waals surface area (Å²) in [5.74, 6) is 6.93. The lowest BCUT2D eigenvalue weighted by atomic mass is 10.4. The van der Waals surface area contributed by atoms with Crippen LogP contribution in [-0.2, 0) is 0 Å². The number of nitrogens with zero attached hydrogens (tertiary/aromatic N) is 1. The van der Waals surface area contributed by atoms with Crippen LogP contribution in [0.2, 0.25) is 0 Å². The summed E-state index contributed by atoms with van der Waals surface area (Å²) in [5.41, 5.74) is 3.48. The Bertz CT molecular complexity index is 229. The van der Waals surface area contributed by atoms with Gasteiger partial charge >= 0.3 is 0 Å². The van der Waals surface area contributed by atoms with Gasteiger partial charge in [0, 0.05) is 0 Å². The Hall–Kier alpha value is -1.43. The summed E-state index contributed by atoms with van der Waals surface area (Å²) in [7, 11) is 0. The topological polar surface area (TPSA) is 86.5 Å². The van der Waals surface area contributed by atoms with Crippen molar-refractivity contribution in [3.63, 3.8) is 0 Å². The maximum atomic E-state index is 5.27. The molecular weight excluding hydrogens is 144 g/mol. The highest BCUT2D eigenvalue weighted by molar-refractivity contribution is 6.00. The number of hydrazine groups is 1. The minimum absolute atomic E-state index is 0.563. The number of nitrogens with two attached hydrogens (primary N) is 1. The average Bonchev–Trinajstić information content (AvgIpc) is 2.50. The Morgan fingerprint density at radius 1 is 1.36 bits per heavy atom. The van der Waals surface area contributed by atoms with Gasteiger partial charge in [-0.15, -0.1) is 0 Å². The van der Waals surface area contributed by atoms with Crippen LogP contribution in [0.1, 0.15) is 0 Å². The molecule has 0 unspecified atom stereocenters. The van der Waals surface area contributed by atoms with Gasteiger partial charge in [0.25, 0.3) is 0 Å². The normalized spacial score (nSPS) is 21.0. The first-order valence-corrected chi connectivity index (χ1v) is 3.39. The lowest BCUT2D eigenvalue weighted by molar-refractivity contribution is 0.687. The molecule has 6 N–H and O–H groups in total. The number of amidine groups is 1. The first kappa shape index (κ1) is 6.29. The van der Waals surface area contributed by atoms with Gasteiger partial charge in [0.15, 0.2) is 5.84 Å². The van der Waals surface area contributed by atoms with Gasteiger partial charge in [-0.1, -0.05) is 0 Å². The van der Waals surface area contributed by atoms with Crippen LogP contribution in [-0.4, -0.2) is 19.2 Å². The van der Waals surface area contributed by atoms with Crippen molar-refractivity contribution in [1.29, 1.82) is 0 Å². The molecule has 0 aromatic heterocycles. The standard InChI is InChI=1S/C5H10N6/c6-11-5-3-4(8-1-7-3)9-2-10-5/h7,10-11H,1-2,6H2,(H,8,9). The predicted molar refractivity (Wildman–Crippen MR) is 40.9 cm³/mol. The lowest BCUT2D eigenvalue weighted by Crippen LogP contribution is -2.39. The van der Waals surface area contributed by atoms with Crippen molar-refractivity contribution in [2.75, 3.05) is 13.3 Å². The summed E-state index contributed by atoms with van der Waals surface area (Å²) >= 11 is 0. The van der Waals surface area contributed by atoms with E-state index in [-0.39, 0.29) is 0 Å². The number of hydrogen-bond donors (Lipinski definition) is 5. The molecule has 0 radical (unpaired) electrons. The van der Waals surface area contributed by atoms with Gasteiger partial charge in [-0.05, 0) is 0 Å². The van der Waals surface area contributed by atoms with Crippen molar-refractivity contribution in [1.82, 2.24) is 21.4 Å². The molecule has 0 saturated carbocycles. The maximum absolute atomic E-state index is 5.27. The highest BCUT2D eigenvalue weighted by Crippen LogP contribution is 2.04. The summed E-state index contributed by atoms with van der Waals surface area (Å²) in [6.07, 6.45) is 0. The van der Waals surface area contributed by atoms with Gasteiger partial charge in [-0.2, -0.15) is 0 Å². The molecule has 2 heterocycles. The molecule has 0 bridgehead atoms. The summed E-state index contributed by atoms with van der Waals surface area (Å²) in [5, 5.41) is 9.15. The molecule has 0 aromatic carbocycles. The highest BCUT2D eigenvalue weighted by Gasteiger charge is 2.20. The van der Waals surface area contributed by atoms with Crippen LogP contribution in [0.5, 0.6) is 0 Å². The van der Waals surface area contributed by atoms with E-state index in [0.717, 1.165) is 17.4 Å². The van der Waals surface area contributed by atoms with Gasteiger partial charge in [0.05, 0.1) is 6.67 Å². The highest BCUT2D eigenvalue weighted by atomic mass is 15.4. The zero-order valence-electron chi connectivity index (χ0n) is 5.94. The first-order valence-electron chi connectivity index (χ1n) is 3.39. The molecular formula is C5H10N6. The van der Waals surface area contributed by atoms with E-state index >= 15 is 0 Å². The van der Waals surface area contributed by atoms with E-state index < -0.39 is 0 Å². The SMILES string of the molecule is NNC1=C2NCNC2=NCN1. The van der Waals surface area contributed by atoms with E-state index in [2.05, 4.69) is 26.4 Å². The molecule has 60 valence electrons. The number of hydrogen-bond acceptors (Lipinski definition) is 6. The molecule has 0 spiro atoms. The molecule has 1 saturated heterocycles. The number of rotatable bonds is 1. The van der Waals surface area contributed by atoms with E-state index in [1.54, 1.807) is 0 Å². The van der Waals surface area contributed by atoms with E-state index in [4.69, 9.17) is 5.84 Å². The minimum atomic E-state index is 0.563. The van der Waals surface area contributed by atoms with Gasteiger partial charge in [0.1, 0.15) is 18.2 Å². The van der Waals surface area contributed by atoms with Gasteiger partial charge in [0.2, 0.25) is 0 Å². The van der Waals surface area contributed by atoms with Crippen molar-refractivity contribution in [2.45, 2.75) is 0 Å². The molecule has 1 fully saturated rings. The Kier molecular flexibility index (Phi) is 1.32. The molecule has 2 aliphatic heterocycles. The second kappa shape index (κ2) is 2.31. The van der Waals surface area contributed by atoms with Gasteiger partial charge in [-0.25, -0.2) is 10.8 Å². The molecule has 2 aliphatic rings. The molecule has 11 heavy (non-hydrogen) atoms. The lowest BCUT2D eigenvalue weighted by Gasteiger charge is -2.15. The van der Waals surface area contributed by atoms with Crippen molar-refractivity contribution < 1.29 is 0 Å². The van der Waals surface area contributed by atoms with Crippen molar-refractivity contribution in [3.05, 3.63) is 11.5 Å². The molecule has 2 rings (SSSR count). The van der Waals surface area contributed by atoms with Crippen molar-refractivity contribution >= 4 is 5.84 Å². The summed E-state index contributed by atoms with van der Waals surface area (Å²) < 4.78 is 0. The van der Waals surface area contributed by atoms with E-state index in [1.165, 1.54) is 0 Å². The van der Waals surface area contributed by atoms with E-state index in [9.17, 15) is 0 Å². The van der Waals surface area contributed by atoms with E-state index in [1.807, 2.05) is 0 Å². The molecule has 0 aromatic rings. The fraction of sp³-hybridized carbons (Fsp3) is 0.400. The van der Waals surface area contributed by atoms with Crippen LogP contribution < -0.4 is 27.2 Å². The van der Waals surface area contributed by atoms with Crippen LogP contribution in [0.3, 0.4) is 0 Å². The number of fused-ring (bicyclic) bond motifs is 1.